The first-order chi connectivity index (χ1) is 6.27. The van der Waals surface area contributed by atoms with Gasteiger partial charge in [0, 0.05) is 6.20 Å². The molecule has 0 aliphatic carbocycles. The molecule has 0 radical (unpaired) electrons. The van der Waals surface area contributed by atoms with Crippen LogP contribution in [0.1, 0.15) is 0 Å². The molecule has 0 spiro atoms. The molecule has 0 amide bonds. The third kappa shape index (κ3) is 1.50. The maximum atomic E-state index is 9.38. The summed E-state index contributed by atoms with van der Waals surface area (Å²) in [6.07, 6.45) is 1.64. The van der Waals surface area contributed by atoms with Crippen LogP contribution < -0.4 is 0 Å². The molecule has 0 saturated heterocycles. The topological polar surface area (TPSA) is 61.8 Å². The zero-order chi connectivity index (χ0) is 9.26. The summed E-state index contributed by atoms with van der Waals surface area (Å²) in [5.41, 5.74) is 1.04. The van der Waals surface area contributed by atoms with Crippen LogP contribution >= 0.6 is 12.6 Å². The van der Waals surface area contributed by atoms with Gasteiger partial charge < -0.3 is 10.1 Å². The van der Waals surface area contributed by atoms with E-state index >= 15 is 0 Å². The standard InChI is InChI=1S/C8H7N3OS/c12-7-6(10-8(13)11-7)5-3-1-2-4-9-5/h1-4,12H,(H2,10,11,13). The highest BCUT2D eigenvalue weighted by molar-refractivity contribution is 7.80. The van der Waals surface area contributed by atoms with Gasteiger partial charge >= 0.3 is 0 Å². The van der Waals surface area contributed by atoms with Gasteiger partial charge in [0.2, 0.25) is 5.88 Å². The Morgan fingerprint density at radius 3 is 2.77 bits per heavy atom. The largest absolute Gasteiger partial charge is 0.493 e. The zero-order valence-electron chi connectivity index (χ0n) is 6.60. The lowest BCUT2D eigenvalue weighted by atomic mass is 10.3. The van der Waals surface area contributed by atoms with E-state index in [1.165, 1.54) is 0 Å². The first kappa shape index (κ1) is 8.12. The molecule has 5 heteroatoms. The smallest absolute Gasteiger partial charge is 0.219 e. The number of imidazole rings is 1. The Morgan fingerprint density at radius 1 is 1.38 bits per heavy atom. The van der Waals surface area contributed by atoms with Crippen molar-refractivity contribution in [3.8, 4) is 17.3 Å². The summed E-state index contributed by atoms with van der Waals surface area (Å²) in [6.45, 7) is 0. The van der Waals surface area contributed by atoms with E-state index in [-0.39, 0.29) is 5.88 Å². The fourth-order valence-corrected chi connectivity index (χ4v) is 1.24. The molecule has 2 aromatic rings. The Hall–Kier alpha value is -1.49. The van der Waals surface area contributed by atoms with Crippen molar-refractivity contribution in [3.63, 3.8) is 0 Å². The molecule has 0 aliphatic rings. The Balaban J connectivity index is 2.53. The SMILES string of the molecule is Oc1[nH]c(S)nc1-c1ccccn1. The van der Waals surface area contributed by atoms with Crippen LogP contribution in [0.2, 0.25) is 0 Å². The number of H-pyrrole nitrogens is 1. The van der Waals surface area contributed by atoms with E-state index in [1.807, 2.05) is 6.07 Å². The number of thiol groups is 1. The fourth-order valence-electron chi connectivity index (χ4n) is 1.03. The molecular formula is C8H7N3OS. The van der Waals surface area contributed by atoms with Crippen LogP contribution in [-0.4, -0.2) is 20.1 Å². The van der Waals surface area contributed by atoms with E-state index in [0.29, 0.717) is 16.5 Å². The number of aromatic amines is 1. The van der Waals surface area contributed by atoms with Crippen LogP contribution in [-0.2, 0) is 0 Å². The molecule has 0 saturated carbocycles. The summed E-state index contributed by atoms with van der Waals surface area (Å²) < 4.78 is 0. The maximum absolute atomic E-state index is 9.38. The second kappa shape index (κ2) is 3.10. The van der Waals surface area contributed by atoms with Gasteiger partial charge in [-0.2, -0.15) is 0 Å². The molecule has 66 valence electrons. The van der Waals surface area contributed by atoms with Gasteiger partial charge in [0.15, 0.2) is 10.9 Å². The number of pyridine rings is 1. The van der Waals surface area contributed by atoms with Gasteiger partial charge in [-0.05, 0) is 12.1 Å². The monoisotopic (exact) mass is 193 g/mol. The van der Waals surface area contributed by atoms with Crippen molar-refractivity contribution in [2.75, 3.05) is 0 Å². The van der Waals surface area contributed by atoms with Gasteiger partial charge in [-0.25, -0.2) is 4.98 Å². The van der Waals surface area contributed by atoms with Crippen LogP contribution in [0.25, 0.3) is 11.4 Å². The highest BCUT2D eigenvalue weighted by atomic mass is 32.1. The molecule has 0 bridgehead atoms. The maximum Gasteiger partial charge on any atom is 0.219 e. The van der Waals surface area contributed by atoms with Gasteiger partial charge in [0.05, 0.1) is 5.69 Å². The first-order valence-corrected chi connectivity index (χ1v) is 4.11. The average molecular weight is 193 g/mol. The molecule has 0 unspecified atom stereocenters. The summed E-state index contributed by atoms with van der Waals surface area (Å²) in [7, 11) is 0. The predicted octanol–water partition coefficient (Wildman–Crippen LogP) is 1.47. The summed E-state index contributed by atoms with van der Waals surface area (Å²) in [6, 6.07) is 5.40. The lowest BCUT2D eigenvalue weighted by Gasteiger charge is -1.93. The Bertz CT molecular complexity index is 413. The molecule has 2 heterocycles. The van der Waals surface area contributed by atoms with Crippen molar-refractivity contribution in [1.82, 2.24) is 15.0 Å². The number of nitrogens with one attached hydrogen (secondary N) is 1. The molecule has 13 heavy (non-hydrogen) atoms. The van der Waals surface area contributed by atoms with Crippen LogP contribution in [0, 0.1) is 0 Å². The Morgan fingerprint density at radius 2 is 2.23 bits per heavy atom. The van der Waals surface area contributed by atoms with E-state index in [1.54, 1.807) is 18.3 Å². The second-order valence-electron chi connectivity index (χ2n) is 2.47. The number of rotatable bonds is 1. The van der Waals surface area contributed by atoms with Crippen molar-refractivity contribution in [3.05, 3.63) is 24.4 Å². The van der Waals surface area contributed by atoms with Crippen LogP contribution in [0.15, 0.2) is 29.6 Å². The van der Waals surface area contributed by atoms with E-state index in [2.05, 4.69) is 27.6 Å². The highest BCUT2D eigenvalue weighted by Gasteiger charge is 2.09. The van der Waals surface area contributed by atoms with Crippen LogP contribution in [0.3, 0.4) is 0 Å². The third-order valence-corrected chi connectivity index (χ3v) is 1.79. The van der Waals surface area contributed by atoms with Crippen molar-refractivity contribution in [2.24, 2.45) is 0 Å². The van der Waals surface area contributed by atoms with Crippen LogP contribution in [0.5, 0.6) is 5.88 Å². The van der Waals surface area contributed by atoms with Gasteiger partial charge in [-0.15, -0.1) is 12.6 Å². The van der Waals surface area contributed by atoms with Gasteiger partial charge in [-0.1, -0.05) is 6.07 Å². The Labute approximate surface area is 80.1 Å². The van der Waals surface area contributed by atoms with Gasteiger partial charge in [0.25, 0.3) is 0 Å². The molecule has 0 atom stereocenters. The number of hydrogen-bond acceptors (Lipinski definition) is 4. The van der Waals surface area contributed by atoms with Crippen molar-refractivity contribution in [2.45, 2.75) is 5.16 Å². The third-order valence-electron chi connectivity index (χ3n) is 1.58. The molecule has 0 aliphatic heterocycles. The van der Waals surface area contributed by atoms with Gasteiger partial charge in [0.1, 0.15) is 0 Å². The molecule has 2 rings (SSSR count). The minimum Gasteiger partial charge on any atom is -0.493 e. The van der Waals surface area contributed by atoms with Crippen molar-refractivity contribution in [1.29, 1.82) is 0 Å². The molecule has 2 aromatic heterocycles. The summed E-state index contributed by atoms with van der Waals surface area (Å²) in [5, 5.41) is 9.75. The van der Waals surface area contributed by atoms with Crippen LogP contribution in [0.4, 0.5) is 0 Å². The zero-order valence-corrected chi connectivity index (χ0v) is 7.49. The number of aromatic nitrogens is 3. The minimum atomic E-state index is -0.0105. The number of hydrogen-bond donors (Lipinski definition) is 3. The van der Waals surface area contributed by atoms with Crippen molar-refractivity contribution >= 4 is 12.6 Å². The average Bonchev–Trinajstić information content (AvgIpc) is 2.47. The molecule has 4 nitrogen and oxygen atoms in total. The second-order valence-corrected chi connectivity index (χ2v) is 2.90. The van der Waals surface area contributed by atoms with E-state index in [4.69, 9.17) is 0 Å². The fraction of sp³-hybridized carbons (Fsp3) is 0. The van der Waals surface area contributed by atoms with E-state index < -0.39 is 0 Å². The molecule has 0 fully saturated rings. The Kier molecular flexibility index (Phi) is 1.94. The van der Waals surface area contributed by atoms with E-state index in [9.17, 15) is 5.11 Å². The number of aromatic hydroxyl groups is 1. The summed E-state index contributed by atoms with van der Waals surface area (Å²) in [5.74, 6) is -0.0105. The summed E-state index contributed by atoms with van der Waals surface area (Å²) in [4.78, 5) is 10.6. The molecule has 0 aromatic carbocycles. The lowest BCUT2D eigenvalue weighted by Crippen LogP contribution is -1.81. The minimum absolute atomic E-state index is 0.0105. The normalized spacial score (nSPS) is 10.2. The lowest BCUT2D eigenvalue weighted by molar-refractivity contribution is 0.456. The summed E-state index contributed by atoms with van der Waals surface area (Å²) >= 11 is 3.97. The van der Waals surface area contributed by atoms with Crippen molar-refractivity contribution < 1.29 is 5.11 Å². The quantitative estimate of drug-likeness (QED) is 0.601. The number of nitrogens with zero attached hydrogens (tertiary/aromatic N) is 2. The van der Waals surface area contributed by atoms with Gasteiger partial charge in [-0.3, -0.25) is 4.98 Å². The predicted molar refractivity (Wildman–Crippen MR) is 50.7 cm³/mol. The first-order valence-electron chi connectivity index (χ1n) is 3.66. The van der Waals surface area contributed by atoms with E-state index in [0.717, 1.165) is 0 Å². The highest BCUT2D eigenvalue weighted by Crippen LogP contribution is 2.25. The molecule has 2 N–H and O–H groups in total. The molecular weight excluding hydrogens is 186 g/mol.